The Hall–Kier alpha value is -2.77. The summed E-state index contributed by atoms with van der Waals surface area (Å²) in [5.41, 5.74) is 0.751. The molecule has 29 heavy (non-hydrogen) atoms. The van der Waals surface area contributed by atoms with Gasteiger partial charge in [-0.25, -0.2) is 4.98 Å². The number of hydrogen-bond donors (Lipinski definition) is 1. The molecule has 0 radical (unpaired) electrons. The number of halogens is 2. The molecule has 0 unspecified atom stereocenters. The number of amides is 1. The van der Waals surface area contributed by atoms with Crippen LogP contribution in [-0.2, 0) is 11.3 Å². The number of carbonyl (C=O) groups excluding carboxylic acids is 1. The second kappa shape index (κ2) is 9.15. The Morgan fingerprint density at radius 1 is 1.14 bits per heavy atom. The Bertz CT molecular complexity index is 1110. The fourth-order valence-electron chi connectivity index (χ4n) is 2.86. The van der Waals surface area contributed by atoms with E-state index in [0.717, 1.165) is 0 Å². The van der Waals surface area contributed by atoms with Crippen molar-refractivity contribution in [3.63, 3.8) is 0 Å². The summed E-state index contributed by atoms with van der Waals surface area (Å²) in [6, 6.07) is 8.10. The summed E-state index contributed by atoms with van der Waals surface area (Å²) in [4.78, 5) is 29.2. The summed E-state index contributed by atoms with van der Waals surface area (Å²) in [6.07, 6.45) is 2.12. The first-order valence-corrected chi connectivity index (χ1v) is 9.54. The number of benzene rings is 2. The maximum atomic E-state index is 12.7. The van der Waals surface area contributed by atoms with E-state index in [1.54, 1.807) is 30.3 Å². The number of rotatable bonds is 7. The van der Waals surface area contributed by atoms with Gasteiger partial charge in [0.25, 0.3) is 5.56 Å². The summed E-state index contributed by atoms with van der Waals surface area (Å²) in [7, 11) is 3.02. The highest BCUT2D eigenvalue weighted by Gasteiger charge is 2.12. The van der Waals surface area contributed by atoms with Gasteiger partial charge in [0.1, 0.15) is 0 Å². The van der Waals surface area contributed by atoms with Crippen LogP contribution in [0.15, 0.2) is 41.5 Å². The highest BCUT2D eigenvalue weighted by atomic mass is 35.5. The number of nitrogens with zero attached hydrogens (tertiary/aromatic N) is 2. The summed E-state index contributed by atoms with van der Waals surface area (Å²) >= 11 is 12.0. The fraction of sp³-hybridized carbons (Fsp3) is 0.250. The van der Waals surface area contributed by atoms with Gasteiger partial charge >= 0.3 is 0 Å². The SMILES string of the molecule is COc1cc2ncn(CCCC(=O)Nc3cc(Cl)ccc3Cl)c(=O)c2cc1OC. The summed E-state index contributed by atoms with van der Waals surface area (Å²) in [6.45, 7) is 0.340. The molecule has 152 valence electrons. The smallest absolute Gasteiger partial charge is 0.261 e. The van der Waals surface area contributed by atoms with E-state index >= 15 is 0 Å². The standard InChI is InChI=1S/C20H19Cl2N3O4/c1-28-17-9-13-15(10-18(17)29-2)23-11-25(20(13)27)7-3-4-19(26)24-16-8-12(21)5-6-14(16)22/h5-6,8-11H,3-4,7H2,1-2H3,(H,24,26). The quantitative estimate of drug-likeness (QED) is 0.602. The zero-order valence-corrected chi connectivity index (χ0v) is 17.4. The van der Waals surface area contributed by atoms with Crippen molar-refractivity contribution >= 4 is 45.7 Å². The molecule has 2 aromatic carbocycles. The first-order chi connectivity index (χ1) is 13.9. The molecule has 0 spiro atoms. The van der Waals surface area contributed by atoms with Crippen molar-refractivity contribution in [2.45, 2.75) is 19.4 Å². The van der Waals surface area contributed by atoms with Crippen LogP contribution in [0.2, 0.25) is 10.0 Å². The molecule has 9 heteroatoms. The Morgan fingerprint density at radius 2 is 1.86 bits per heavy atom. The highest BCUT2D eigenvalue weighted by molar-refractivity contribution is 6.35. The number of fused-ring (bicyclic) bond motifs is 1. The Labute approximate surface area is 177 Å². The fourth-order valence-corrected chi connectivity index (χ4v) is 3.20. The van der Waals surface area contributed by atoms with Gasteiger partial charge in [0.2, 0.25) is 5.91 Å². The molecule has 0 saturated heterocycles. The zero-order valence-electron chi connectivity index (χ0n) is 15.9. The molecule has 1 heterocycles. The number of hydrogen-bond acceptors (Lipinski definition) is 5. The van der Waals surface area contributed by atoms with Crippen molar-refractivity contribution in [3.05, 3.63) is 57.1 Å². The molecule has 0 atom stereocenters. The number of ether oxygens (including phenoxy) is 2. The number of aryl methyl sites for hydroxylation is 1. The first-order valence-electron chi connectivity index (χ1n) is 8.79. The maximum absolute atomic E-state index is 12.7. The molecular weight excluding hydrogens is 417 g/mol. The van der Waals surface area contributed by atoms with Crippen molar-refractivity contribution in [3.8, 4) is 11.5 Å². The van der Waals surface area contributed by atoms with E-state index in [1.807, 2.05) is 0 Å². The van der Waals surface area contributed by atoms with Crippen molar-refractivity contribution < 1.29 is 14.3 Å². The molecule has 3 rings (SSSR count). The lowest BCUT2D eigenvalue weighted by atomic mass is 10.2. The Kier molecular flexibility index (Phi) is 6.61. The van der Waals surface area contributed by atoms with Crippen LogP contribution in [-0.4, -0.2) is 29.7 Å². The van der Waals surface area contributed by atoms with Crippen LogP contribution >= 0.6 is 23.2 Å². The summed E-state index contributed by atoms with van der Waals surface area (Å²) in [5.74, 6) is 0.734. The summed E-state index contributed by atoms with van der Waals surface area (Å²) in [5, 5.41) is 4.02. The lowest BCUT2D eigenvalue weighted by Gasteiger charge is -2.11. The third kappa shape index (κ3) is 4.81. The van der Waals surface area contributed by atoms with Gasteiger partial charge < -0.3 is 14.8 Å². The average molecular weight is 436 g/mol. The monoisotopic (exact) mass is 435 g/mol. The highest BCUT2D eigenvalue weighted by Crippen LogP contribution is 2.30. The topological polar surface area (TPSA) is 82.5 Å². The zero-order chi connectivity index (χ0) is 21.0. The van der Waals surface area contributed by atoms with Crippen LogP contribution in [0.5, 0.6) is 11.5 Å². The first kappa shape index (κ1) is 21.0. The molecule has 0 aliphatic rings. The Morgan fingerprint density at radius 3 is 2.59 bits per heavy atom. The van der Waals surface area contributed by atoms with Gasteiger partial charge in [0.05, 0.1) is 42.2 Å². The Balaban J connectivity index is 1.69. The minimum Gasteiger partial charge on any atom is -0.493 e. The number of aromatic nitrogens is 2. The van der Waals surface area contributed by atoms with Crippen molar-refractivity contribution in [2.24, 2.45) is 0 Å². The third-order valence-electron chi connectivity index (χ3n) is 4.33. The molecule has 1 N–H and O–H groups in total. The average Bonchev–Trinajstić information content (AvgIpc) is 2.71. The molecule has 1 aromatic heterocycles. The minimum atomic E-state index is -0.220. The molecular formula is C20H19Cl2N3O4. The van der Waals surface area contributed by atoms with E-state index in [4.69, 9.17) is 32.7 Å². The van der Waals surface area contributed by atoms with Gasteiger partial charge in [-0.15, -0.1) is 0 Å². The van der Waals surface area contributed by atoms with E-state index < -0.39 is 0 Å². The molecule has 0 aliphatic carbocycles. The molecule has 7 nitrogen and oxygen atoms in total. The predicted molar refractivity (Wildman–Crippen MR) is 113 cm³/mol. The van der Waals surface area contributed by atoms with Gasteiger partial charge in [-0.05, 0) is 30.7 Å². The van der Waals surface area contributed by atoms with Crippen LogP contribution in [0.1, 0.15) is 12.8 Å². The number of methoxy groups -OCH3 is 2. The van der Waals surface area contributed by atoms with Crippen molar-refractivity contribution in [1.82, 2.24) is 9.55 Å². The number of carbonyl (C=O) groups is 1. The van der Waals surface area contributed by atoms with Crippen LogP contribution in [0, 0.1) is 0 Å². The molecule has 1 amide bonds. The van der Waals surface area contributed by atoms with Crippen molar-refractivity contribution in [2.75, 3.05) is 19.5 Å². The van der Waals surface area contributed by atoms with E-state index in [1.165, 1.54) is 25.1 Å². The van der Waals surface area contributed by atoms with E-state index in [-0.39, 0.29) is 17.9 Å². The predicted octanol–water partition coefficient (Wildman–Crippen LogP) is 4.14. The van der Waals surface area contributed by atoms with Gasteiger partial charge in [0, 0.05) is 24.1 Å². The number of nitrogens with one attached hydrogen (secondary N) is 1. The van der Waals surface area contributed by atoms with Crippen LogP contribution in [0.4, 0.5) is 5.69 Å². The molecule has 0 aliphatic heterocycles. The second-order valence-electron chi connectivity index (χ2n) is 6.24. The largest absolute Gasteiger partial charge is 0.493 e. The molecule has 0 saturated carbocycles. The van der Waals surface area contributed by atoms with E-state index in [9.17, 15) is 9.59 Å². The van der Waals surface area contributed by atoms with Gasteiger partial charge in [-0.3, -0.25) is 14.2 Å². The van der Waals surface area contributed by atoms with Gasteiger partial charge in [-0.1, -0.05) is 23.2 Å². The van der Waals surface area contributed by atoms with E-state index in [0.29, 0.717) is 51.1 Å². The maximum Gasteiger partial charge on any atom is 0.261 e. The van der Waals surface area contributed by atoms with Crippen LogP contribution in [0.25, 0.3) is 10.9 Å². The third-order valence-corrected chi connectivity index (χ3v) is 4.90. The summed E-state index contributed by atoms with van der Waals surface area (Å²) < 4.78 is 12.0. The second-order valence-corrected chi connectivity index (χ2v) is 7.09. The molecule has 0 fully saturated rings. The molecule has 0 bridgehead atoms. The molecule has 3 aromatic rings. The van der Waals surface area contributed by atoms with E-state index in [2.05, 4.69) is 10.3 Å². The lowest BCUT2D eigenvalue weighted by Crippen LogP contribution is -2.22. The van der Waals surface area contributed by atoms with Gasteiger partial charge in [0.15, 0.2) is 11.5 Å². The number of anilines is 1. The van der Waals surface area contributed by atoms with Crippen LogP contribution < -0.4 is 20.3 Å². The lowest BCUT2D eigenvalue weighted by molar-refractivity contribution is -0.116. The van der Waals surface area contributed by atoms with Crippen LogP contribution in [0.3, 0.4) is 0 Å². The minimum absolute atomic E-state index is 0.208. The normalized spacial score (nSPS) is 10.8. The van der Waals surface area contributed by atoms with Crippen molar-refractivity contribution in [1.29, 1.82) is 0 Å². The van der Waals surface area contributed by atoms with Gasteiger partial charge in [-0.2, -0.15) is 0 Å².